The normalized spacial score (nSPS) is 8.38. The van der Waals surface area contributed by atoms with E-state index in [-0.39, 0.29) is 0 Å². The van der Waals surface area contributed by atoms with Crippen molar-refractivity contribution < 1.29 is 9.53 Å². The van der Waals surface area contributed by atoms with Crippen molar-refractivity contribution in [3.8, 4) is 17.6 Å². The molecule has 0 atom stereocenters. The number of aromatic nitrogens is 1. The van der Waals surface area contributed by atoms with Crippen LogP contribution in [0.1, 0.15) is 5.56 Å². The molecule has 0 radical (unpaired) electrons. The first-order valence-corrected chi connectivity index (χ1v) is 3.53. The van der Waals surface area contributed by atoms with Crippen LogP contribution in [0.25, 0.3) is 0 Å². The van der Waals surface area contributed by atoms with Gasteiger partial charge in [-0.2, -0.15) is 0 Å². The summed E-state index contributed by atoms with van der Waals surface area (Å²) in [6.45, 7) is 0. The Bertz CT molecular complexity index is 377. The largest absolute Gasteiger partial charge is 0.495 e. The monoisotopic (exact) mass is 176 g/mol. The van der Waals surface area contributed by atoms with Gasteiger partial charge >= 0.3 is 0 Å². The molecule has 0 aliphatic carbocycles. The molecule has 0 aliphatic rings. The van der Waals surface area contributed by atoms with E-state index >= 15 is 0 Å². The highest BCUT2D eigenvalue weighted by Gasteiger charge is 1.92. The smallest absolute Gasteiger partial charge is 0.293 e. The number of methoxy groups -OCH3 is 1. The summed E-state index contributed by atoms with van der Waals surface area (Å²) in [5.74, 6) is 4.69. The van der Waals surface area contributed by atoms with Crippen LogP contribution in [0.3, 0.4) is 0 Å². The second-order valence-corrected chi connectivity index (χ2v) is 2.23. The molecule has 0 unspecified atom stereocenters. The van der Waals surface area contributed by atoms with E-state index in [4.69, 9.17) is 10.5 Å². The van der Waals surface area contributed by atoms with Gasteiger partial charge in [0, 0.05) is 17.7 Å². The van der Waals surface area contributed by atoms with Crippen LogP contribution in [-0.2, 0) is 4.79 Å². The van der Waals surface area contributed by atoms with Crippen LogP contribution in [0.5, 0.6) is 5.75 Å². The van der Waals surface area contributed by atoms with E-state index in [1.165, 1.54) is 13.3 Å². The van der Waals surface area contributed by atoms with Crippen molar-refractivity contribution in [3.63, 3.8) is 0 Å². The number of rotatable bonds is 1. The zero-order valence-electron chi connectivity index (χ0n) is 7.07. The minimum Gasteiger partial charge on any atom is -0.495 e. The molecule has 0 bridgehead atoms. The van der Waals surface area contributed by atoms with Gasteiger partial charge in [0.15, 0.2) is 0 Å². The van der Waals surface area contributed by atoms with Crippen LogP contribution in [0.15, 0.2) is 18.5 Å². The van der Waals surface area contributed by atoms with E-state index in [9.17, 15) is 4.79 Å². The molecule has 0 aliphatic heterocycles. The molecule has 0 saturated heterocycles. The molecule has 0 saturated carbocycles. The lowest BCUT2D eigenvalue weighted by Crippen LogP contribution is -2.06. The minimum absolute atomic E-state index is 0.594. The lowest BCUT2D eigenvalue weighted by molar-refractivity contribution is -0.112. The van der Waals surface area contributed by atoms with Crippen LogP contribution < -0.4 is 10.5 Å². The Labute approximate surface area is 75.7 Å². The molecule has 1 rings (SSSR count). The number of carbonyl (C=O) groups excluding carboxylic acids is 1. The molecule has 4 heteroatoms. The summed E-state index contributed by atoms with van der Waals surface area (Å²) in [5.41, 5.74) is 5.44. The summed E-state index contributed by atoms with van der Waals surface area (Å²) in [5, 5.41) is 0. The SMILES string of the molecule is COc1cncc(C#CC(N)=O)c1. The quantitative estimate of drug-likeness (QED) is 0.609. The number of carbonyl (C=O) groups is 1. The van der Waals surface area contributed by atoms with Gasteiger partial charge in [-0.05, 0) is 6.07 Å². The van der Waals surface area contributed by atoms with Gasteiger partial charge in [-0.25, -0.2) is 0 Å². The zero-order valence-corrected chi connectivity index (χ0v) is 7.07. The van der Waals surface area contributed by atoms with Crippen LogP contribution in [-0.4, -0.2) is 18.0 Å². The van der Waals surface area contributed by atoms with E-state index in [2.05, 4.69) is 16.8 Å². The van der Waals surface area contributed by atoms with Gasteiger partial charge in [-0.1, -0.05) is 5.92 Å². The van der Waals surface area contributed by atoms with Crippen LogP contribution >= 0.6 is 0 Å². The number of hydrogen-bond donors (Lipinski definition) is 1. The molecule has 1 aromatic rings. The van der Waals surface area contributed by atoms with Gasteiger partial charge < -0.3 is 10.5 Å². The Hall–Kier alpha value is -2.02. The van der Waals surface area contributed by atoms with Crippen molar-refractivity contribution in [1.82, 2.24) is 4.98 Å². The van der Waals surface area contributed by atoms with E-state index in [1.54, 1.807) is 12.3 Å². The molecular formula is C9H8N2O2. The molecule has 2 N–H and O–H groups in total. The summed E-state index contributed by atoms with van der Waals surface area (Å²) in [6, 6.07) is 1.67. The van der Waals surface area contributed by atoms with Gasteiger partial charge in [0.25, 0.3) is 5.91 Å². The van der Waals surface area contributed by atoms with Crippen molar-refractivity contribution >= 4 is 5.91 Å². The molecule has 4 nitrogen and oxygen atoms in total. The molecule has 0 fully saturated rings. The fraction of sp³-hybridized carbons (Fsp3) is 0.111. The molecule has 66 valence electrons. The summed E-state index contributed by atoms with van der Waals surface area (Å²) < 4.78 is 4.92. The number of nitrogens with two attached hydrogens (primary N) is 1. The summed E-state index contributed by atoms with van der Waals surface area (Å²) in [4.78, 5) is 14.2. The van der Waals surface area contributed by atoms with E-state index < -0.39 is 5.91 Å². The average molecular weight is 176 g/mol. The molecule has 1 amide bonds. The van der Waals surface area contributed by atoms with Crippen LogP contribution in [0, 0.1) is 11.8 Å². The fourth-order valence-electron chi connectivity index (χ4n) is 0.733. The second-order valence-electron chi connectivity index (χ2n) is 2.23. The number of nitrogens with zero attached hydrogens (tertiary/aromatic N) is 1. The second kappa shape index (κ2) is 4.12. The van der Waals surface area contributed by atoms with Gasteiger partial charge in [0.2, 0.25) is 0 Å². The molecule has 0 spiro atoms. The van der Waals surface area contributed by atoms with Crippen molar-refractivity contribution in [2.24, 2.45) is 5.73 Å². The highest BCUT2D eigenvalue weighted by Crippen LogP contribution is 2.08. The predicted octanol–water partition coefficient (Wildman–Crippen LogP) is -0.0730. The number of primary amides is 1. The van der Waals surface area contributed by atoms with Crippen LogP contribution in [0.4, 0.5) is 0 Å². The first-order chi connectivity index (χ1) is 6.22. The van der Waals surface area contributed by atoms with Crippen molar-refractivity contribution in [2.45, 2.75) is 0 Å². The third-order valence-electron chi connectivity index (χ3n) is 1.28. The maximum atomic E-state index is 10.3. The van der Waals surface area contributed by atoms with E-state index in [0.717, 1.165) is 0 Å². The fourth-order valence-corrected chi connectivity index (χ4v) is 0.733. The summed E-state index contributed by atoms with van der Waals surface area (Å²) >= 11 is 0. The zero-order chi connectivity index (χ0) is 9.68. The summed E-state index contributed by atoms with van der Waals surface area (Å²) in [6.07, 6.45) is 3.08. The van der Waals surface area contributed by atoms with Gasteiger partial charge in [0.1, 0.15) is 5.75 Å². The maximum absolute atomic E-state index is 10.3. The van der Waals surface area contributed by atoms with Gasteiger partial charge in [0.05, 0.1) is 13.3 Å². The van der Waals surface area contributed by atoms with Crippen LogP contribution in [0.2, 0.25) is 0 Å². The van der Waals surface area contributed by atoms with Crippen molar-refractivity contribution in [2.75, 3.05) is 7.11 Å². The summed E-state index contributed by atoms with van der Waals surface area (Å²) in [7, 11) is 1.53. The molecular weight excluding hydrogens is 168 g/mol. The number of ether oxygens (including phenoxy) is 1. The number of amides is 1. The van der Waals surface area contributed by atoms with Gasteiger partial charge in [-0.3, -0.25) is 9.78 Å². The topological polar surface area (TPSA) is 65.2 Å². The van der Waals surface area contributed by atoms with E-state index in [0.29, 0.717) is 11.3 Å². The highest BCUT2D eigenvalue weighted by molar-refractivity contribution is 5.92. The Morgan fingerprint density at radius 1 is 1.62 bits per heavy atom. The predicted molar refractivity (Wildman–Crippen MR) is 46.9 cm³/mol. The molecule has 13 heavy (non-hydrogen) atoms. The first-order valence-electron chi connectivity index (χ1n) is 3.53. The minimum atomic E-state index is -0.664. The third kappa shape index (κ3) is 2.83. The lowest BCUT2D eigenvalue weighted by Gasteiger charge is -1.96. The van der Waals surface area contributed by atoms with E-state index in [1.807, 2.05) is 0 Å². The Morgan fingerprint density at radius 2 is 2.38 bits per heavy atom. The number of pyridine rings is 1. The first kappa shape index (κ1) is 9.07. The maximum Gasteiger partial charge on any atom is 0.293 e. The standard InChI is InChI=1S/C9H8N2O2/c1-13-8-4-7(5-11-6-8)2-3-9(10)12/h4-6H,1H3,(H2,10,12). The molecule has 0 aromatic carbocycles. The average Bonchev–Trinajstić information content (AvgIpc) is 2.15. The Balaban J connectivity index is 2.91. The third-order valence-corrected chi connectivity index (χ3v) is 1.28. The van der Waals surface area contributed by atoms with Crippen molar-refractivity contribution in [3.05, 3.63) is 24.0 Å². The Morgan fingerprint density at radius 3 is 3.00 bits per heavy atom. The highest BCUT2D eigenvalue weighted by atomic mass is 16.5. The lowest BCUT2D eigenvalue weighted by atomic mass is 10.3. The van der Waals surface area contributed by atoms with Crippen molar-refractivity contribution in [1.29, 1.82) is 0 Å². The number of hydrogen-bond acceptors (Lipinski definition) is 3. The Kier molecular flexibility index (Phi) is 2.87. The molecule has 1 aromatic heterocycles. The molecule has 1 heterocycles. The van der Waals surface area contributed by atoms with Gasteiger partial charge in [-0.15, -0.1) is 0 Å².